The molecule has 3 heterocycles. The van der Waals surface area contributed by atoms with Gasteiger partial charge in [-0.2, -0.15) is 0 Å². The molecule has 6 rings (SSSR count). The summed E-state index contributed by atoms with van der Waals surface area (Å²) in [6.07, 6.45) is -0.644. The number of aliphatic hydroxyl groups is 1. The topological polar surface area (TPSA) is 98.8 Å². The molecular weight excluding hydrogens is 438 g/mol. The van der Waals surface area contributed by atoms with Gasteiger partial charge in [-0.1, -0.05) is 36.4 Å². The number of rotatable bonds is 4. The number of aromatic nitrogens is 1. The van der Waals surface area contributed by atoms with Crippen LogP contribution in [0, 0.1) is 0 Å². The van der Waals surface area contributed by atoms with Gasteiger partial charge >= 0.3 is 0 Å². The number of ether oxygens (including phenoxy) is 1. The number of morpholine rings is 1. The first-order chi connectivity index (χ1) is 16.2. The van der Waals surface area contributed by atoms with E-state index in [4.69, 9.17) is 9.72 Å². The number of benzene rings is 2. The highest BCUT2D eigenvalue weighted by molar-refractivity contribution is 7.18. The smallest absolute Gasteiger partial charge is 0.235 e. The Balaban J connectivity index is 1.34. The quantitative estimate of drug-likeness (QED) is 0.461. The summed E-state index contributed by atoms with van der Waals surface area (Å²) in [6, 6.07) is 15.8. The second-order valence-corrected chi connectivity index (χ2v) is 9.88. The second kappa shape index (κ2) is 8.75. The molecule has 2 fully saturated rings. The van der Waals surface area contributed by atoms with Crippen LogP contribution in [0.15, 0.2) is 48.5 Å². The van der Waals surface area contributed by atoms with Gasteiger partial charge < -0.3 is 15.2 Å². The Kier molecular flexibility index (Phi) is 5.61. The molecule has 0 radical (unpaired) electrons. The summed E-state index contributed by atoms with van der Waals surface area (Å²) < 4.78 is 6.55. The molecule has 4 N–H and O–H groups in total. The summed E-state index contributed by atoms with van der Waals surface area (Å²) in [7, 11) is 0. The number of nitrogens with one attached hydrogen (secondary N) is 3. The van der Waals surface area contributed by atoms with Gasteiger partial charge in [-0.15, -0.1) is 11.3 Å². The highest BCUT2D eigenvalue weighted by Gasteiger charge is 2.44. The lowest BCUT2D eigenvalue weighted by Gasteiger charge is -2.44. The van der Waals surface area contributed by atoms with Gasteiger partial charge in [-0.05, 0) is 23.3 Å². The summed E-state index contributed by atoms with van der Waals surface area (Å²) >= 11 is 1.54. The third-order valence-corrected chi connectivity index (χ3v) is 7.90. The molecule has 8 nitrogen and oxygen atoms in total. The van der Waals surface area contributed by atoms with Crippen molar-refractivity contribution in [3.8, 4) is 0 Å². The number of carbonyl (C=O) groups excluding carboxylic acids is 1. The van der Waals surface area contributed by atoms with Gasteiger partial charge in [0.2, 0.25) is 5.91 Å². The van der Waals surface area contributed by atoms with E-state index in [1.807, 2.05) is 36.4 Å². The third kappa shape index (κ3) is 3.95. The molecule has 0 bridgehead atoms. The summed E-state index contributed by atoms with van der Waals surface area (Å²) in [5, 5.41) is 22.0. The number of amides is 1. The maximum Gasteiger partial charge on any atom is 0.235 e. The van der Waals surface area contributed by atoms with Gasteiger partial charge in [0.15, 0.2) is 0 Å². The Morgan fingerprint density at radius 1 is 1.12 bits per heavy atom. The van der Waals surface area contributed by atoms with E-state index >= 15 is 0 Å². The first-order valence-corrected chi connectivity index (χ1v) is 12.2. The molecule has 2 aromatic carbocycles. The van der Waals surface area contributed by atoms with E-state index in [1.54, 1.807) is 11.3 Å². The normalized spacial score (nSPS) is 30.3. The van der Waals surface area contributed by atoms with Gasteiger partial charge in [0.05, 0.1) is 41.7 Å². The number of aliphatic hydroxyl groups excluding tert-OH is 1. The fourth-order valence-corrected chi connectivity index (χ4v) is 6.21. The molecule has 3 aromatic rings. The van der Waals surface area contributed by atoms with Crippen molar-refractivity contribution >= 4 is 27.5 Å². The van der Waals surface area contributed by atoms with E-state index in [0.717, 1.165) is 39.4 Å². The maximum absolute atomic E-state index is 13.5. The fourth-order valence-electron chi connectivity index (χ4n) is 5.11. The minimum atomic E-state index is -0.549. The zero-order valence-corrected chi connectivity index (χ0v) is 18.9. The lowest BCUT2D eigenvalue weighted by atomic mass is 10.00. The van der Waals surface area contributed by atoms with E-state index in [9.17, 15) is 9.90 Å². The van der Waals surface area contributed by atoms with Crippen LogP contribution in [0.25, 0.3) is 10.2 Å². The Morgan fingerprint density at radius 3 is 2.76 bits per heavy atom. The minimum absolute atomic E-state index is 0.0671. The van der Waals surface area contributed by atoms with Crippen molar-refractivity contribution in [3.63, 3.8) is 0 Å². The van der Waals surface area contributed by atoms with Crippen LogP contribution in [0.5, 0.6) is 0 Å². The third-order valence-electron chi connectivity index (χ3n) is 6.78. The minimum Gasteiger partial charge on any atom is -0.391 e. The Bertz CT molecular complexity index is 1130. The lowest BCUT2D eigenvalue weighted by molar-refractivity contribution is -0.131. The molecule has 3 aliphatic rings. The van der Waals surface area contributed by atoms with Crippen LogP contribution in [-0.2, 0) is 16.0 Å². The molecule has 33 heavy (non-hydrogen) atoms. The van der Waals surface area contributed by atoms with E-state index in [-0.39, 0.29) is 18.2 Å². The standard InChI is InChI=1S/C24H27N5O3S/c30-17-13-14-5-1-2-6-15(14)20(17)26-21-19(23-25-16-7-3-4-8-18(16)33-23)22(31)28-24(27-21)29-9-11-32-12-10-29/h1-8,17,19-21,24,26-27,30H,9-13H2,(H,28,31)/t17-,19?,20+,21?,24?/m1/s1. The molecule has 0 saturated carbocycles. The zero-order valence-electron chi connectivity index (χ0n) is 18.1. The van der Waals surface area contributed by atoms with Gasteiger partial charge in [0.1, 0.15) is 17.2 Å². The first-order valence-electron chi connectivity index (χ1n) is 11.4. The SMILES string of the molecule is O=C1NC(N2CCOCC2)NC(N[C@H]2c3ccccc3C[C@H]2O)C1c1nc2ccccc2s1. The Labute approximate surface area is 196 Å². The van der Waals surface area contributed by atoms with Gasteiger partial charge in [-0.3, -0.25) is 20.3 Å². The first kappa shape index (κ1) is 21.2. The molecule has 0 spiro atoms. The highest BCUT2D eigenvalue weighted by atomic mass is 32.1. The van der Waals surface area contributed by atoms with Crippen molar-refractivity contribution in [2.45, 2.75) is 36.9 Å². The van der Waals surface area contributed by atoms with E-state index in [0.29, 0.717) is 19.6 Å². The Hall–Kier alpha value is -2.40. The monoisotopic (exact) mass is 465 g/mol. The molecule has 3 unspecified atom stereocenters. The van der Waals surface area contributed by atoms with Crippen molar-refractivity contribution in [3.05, 3.63) is 64.7 Å². The number of fused-ring (bicyclic) bond motifs is 2. The average molecular weight is 466 g/mol. The van der Waals surface area contributed by atoms with Crippen LogP contribution in [0.3, 0.4) is 0 Å². The van der Waals surface area contributed by atoms with Gasteiger partial charge in [0.25, 0.3) is 0 Å². The summed E-state index contributed by atoms with van der Waals surface area (Å²) in [5.74, 6) is -0.581. The van der Waals surface area contributed by atoms with Crippen molar-refractivity contribution in [1.29, 1.82) is 0 Å². The number of hydrogen-bond donors (Lipinski definition) is 4. The largest absolute Gasteiger partial charge is 0.391 e. The van der Waals surface area contributed by atoms with Crippen LogP contribution in [0.1, 0.15) is 28.1 Å². The zero-order chi connectivity index (χ0) is 22.4. The number of para-hydroxylation sites is 1. The van der Waals surface area contributed by atoms with Gasteiger partial charge in [-0.25, -0.2) is 4.98 Å². The Morgan fingerprint density at radius 2 is 1.91 bits per heavy atom. The number of hydrogen-bond acceptors (Lipinski definition) is 8. The molecular formula is C24H27N5O3S. The fraction of sp³-hybridized carbons (Fsp3) is 0.417. The van der Waals surface area contributed by atoms with Crippen molar-refractivity contribution in [2.75, 3.05) is 26.3 Å². The van der Waals surface area contributed by atoms with Crippen LogP contribution in [0.2, 0.25) is 0 Å². The van der Waals surface area contributed by atoms with Crippen LogP contribution < -0.4 is 16.0 Å². The predicted octanol–water partition coefficient (Wildman–Crippen LogP) is 1.29. The molecule has 1 aromatic heterocycles. The molecule has 1 aliphatic carbocycles. The summed E-state index contributed by atoms with van der Waals surface area (Å²) in [6.45, 7) is 2.76. The van der Waals surface area contributed by atoms with E-state index in [1.165, 1.54) is 0 Å². The second-order valence-electron chi connectivity index (χ2n) is 8.82. The van der Waals surface area contributed by atoms with Crippen molar-refractivity contribution < 1.29 is 14.6 Å². The average Bonchev–Trinajstić information content (AvgIpc) is 3.40. The van der Waals surface area contributed by atoms with Gasteiger partial charge in [0, 0.05) is 19.5 Å². The molecule has 5 atom stereocenters. The molecule has 1 amide bonds. The summed E-state index contributed by atoms with van der Waals surface area (Å²) in [4.78, 5) is 20.5. The predicted molar refractivity (Wildman–Crippen MR) is 126 cm³/mol. The van der Waals surface area contributed by atoms with Crippen LogP contribution in [-0.4, -0.2) is 65.8 Å². The van der Waals surface area contributed by atoms with Crippen LogP contribution in [0.4, 0.5) is 0 Å². The number of carbonyl (C=O) groups is 1. The summed E-state index contributed by atoms with van der Waals surface area (Å²) in [5.41, 5.74) is 3.12. The molecule has 9 heteroatoms. The van der Waals surface area contributed by atoms with E-state index in [2.05, 4.69) is 33.0 Å². The van der Waals surface area contributed by atoms with E-state index < -0.39 is 18.2 Å². The molecule has 2 saturated heterocycles. The van der Waals surface area contributed by atoms with Crippen molar-refractivity contribution in [1.82, 2.24) is 25.8 Å². The molecule has 2 aliphatic heterocycles. The lowest BCUT2D eigenvalue weighted by Crippen LogP contribution is -2.71. The van der Waals surface area contributed by atoms with Crippen molar-refractivity contribution in [2.24, 2.45) is 0 Å². The highest BCUT2D eigenvalue weighted by Crippen LogP contribution is 2.35. The maximum atomic E-state index is 13.5. The molecule has 172 valence electrons. The number of nitrogens with zero attached hydrogens (tertiary/aromatic N) is 2. The van der Waals surface area contributed by atoms with Crippen LogP contribution >= 0.6 is 11.3 Å². The number of thiazole rings is 1.